The largest absolute Gasteiger partial charge is 0.497 e. The lowest BCUT2D eigenvalue weighted by atomic mass is 10.1. The van der Waals surface area contributed by atoms with Crippen LogP contribution in [0.3, 0.4) is 0 Å². The molecule has 1 saturated heterocycles. The zero-order valence-electron chi connectivity index (χ0n) is 17.0. The molecule has 0 radical (unpaired) electrons. The summed E-state index contributed by atoms with van der Waals surface area (Å²) in [6, 6.07) is 9.71. The first-order valence-corrected chi connectivity index (χ1v) is 11.5. The van der Waals surface area contributed by atoms with Crippen LogP contribution in [-0.4, -0.2) is 52.5 Å². The number of nitrogens with one attached hydrogen (secondary N) is 1. The SMILES string of the molecule is COc1ccc(CCNC(=O)c2cc(S(=O)(=O)N3CCCC3)ccc2Cl)c(OC)c1. The van der Waals surface area contributed by atoms with Crippen LogP contribution in [0.2, 0.25) is 5.02 Å². The Kier molecular flexibility index (Phi) is 7.23. The average molecular weight is 453 g/mol. The number of methoxy groups -OCH3 is 2. The van der Waals surface area contributed by atoms with Crippen LogP contribution in [0.25, 0.3) is 0 Å². The Labute approximate surface area is 182 Å². The lowest BCUT2D eigenvalue weighted by Crippen LogP contribution is -2.29. The molecule has 1 aliphatic heterocycles. The van der Waals surface area contributed by atoms with E-state index in [9.17, 15) is 13.2 Å². The van der Waals surface area contributed by atoms with Gasteiger partial charge >= 0.3 is 0 Å². The second kappa shape index (κ2) is 9.68. The maximum Gasteiger partial charge on any atom is 0.252 e. The van der Waals surface area contributed by atoms with Crippen molar-refractivity contribution in [3.8, 4) is 11.5 Å². The lowest BCUT2D eigenvalue weighted by molar-refractivity contribution is 0.0954. The van der Waals surface area contributed by atoms with Crippen molar-refractivity contribution in [2.24, 2.45) is 0 Å². The molecule has 30 heavy (non-hydrogen) atoms. The normalized spacial score (nSPS) is 14.5. The lowest BCUT2D eigenvalue weighted by Gasteiger charge is -2.16. The molecule has 1 heterocycles. The third kappa shape index (κ3) is 4.88. The van der Waals surface area contributed by atoms with Crippen LogP contribution < -0.4 is 14.8 Å². The number of benzene rings is 2. The van der Waals surface area contributed by atoms with Gasteiger partial charge in [0.1, 0.15) is 11.5 Å². The van der Waals surface area contributed by atoms with Crippen molar-refractivity contribution >= 4 is 27.5 Å². The highest BCUT2D eigenvalue weighted by Crippen LogP contribution is 2.26. The van der Waals surface area contributed by atoms with Gasteiger partial charge in [0.25, 0.3) is 5.91 Å². The number of nitrogens with zero attached hydrogens (tertiary/aromatic N) is 1. The highest BCUT2D eigenvalue weighted by Gasteiger charge is 2.28. The summed E-state index contributed by atoms with van der Waals surface area (Å²) in [5, 5.41) is 3.00. The third-order valence-corrected chi connectivity index (χ3v) is 7.28. The molecule has 0 unspecified atom stereocenters. The van der Waals surface area contributed by atoms with Gasteiger partial charge in [-0.25, -0.2) is 8.42 Å². The zero-order valence-corrected chi connectivity index (χ0v) is 18.6. The van der Waals surface area contributed by atoms with Gasteiger partial charge in [0.15, 0.2) is 0 Å². The zero-order chi connectivity index (χ0) is 21.7. The van der Waals surface area contributed by atoms with Crippen LogP contribution in [0.15, 0.2) is 41.3 Å². The minimum Gasteiger partial charge on any atom is -0.497 e. The molecule has 2 aromatic rings. The van der Waals surface area contributed by atoms with Gasteiger partial charge in [-0.15, -0.1) is 0 Å². The van der Waals surface area contributed by atoms with Crippen LogP contribution in [0.5, 0.6) is 11.5 Å². The summed E-state index contributed by atoms with van der Waals surface area (Å²) in [5.74, 6) is 0.925. The molecule has 0 aliphatic carbocycles. The van der Waals surface area contributed by atoms with E-state index in [4.69, 9.17) is 21.1 Å². The molecule has 0 atom stereocenters. The van der Waals surface area contributed by atoms with Crippen molar-refractivity contribution in [2.75, 3.05) is 33.9 Å². The molecule has 1 aliphatic rings. The Bertz CT molecular complexity index is 1020. The van der Waals surface area contributed by atoms with E-state index < -0.39 is 15.9 Å². The topological polar surface area (TPSA) is 84.9 Å². The standard InChI is InChI=1S/C21H25ClN2O5S/c1-28-16-6-5-15(20(13-16)29-2)9-10-23-21(25)18-14-17(7-8-19(18)22)30(26,27)24-11-3-4-12-24/h5-8,13-14H,3-4,9-12H2,1-2H3,(H,23,25). The van der Waals surface area contributed by atoms with E-state index in [-0.39, 0.29) is 15.5 Å². The number of sulfonamides is 1. The molecular formula is C21H25ClN2O5S. The quantitative estimate of drug-likeness (QED) is 0.665. The number of hydrogen-bond donors (Lipinski definition) is 1. The Balaban J connectivity index is 1.70. The average Bonchev–Trinajstić information content (AvgIpc) is 3.29. The predicted molar refractivity (Wildman–Crippen MR) is 115 cm³/mol. The molecule has 1 N–H and O–H groups in total. The highest BCUT2D eigenvalue weighted by atomic mass is 35.5. The molecule has 3 rings (SSSR count). The van der Waals surface area contributed by atoms with Crippen molar-refractivity contribution in [1.29, 1.82) is 0 Å². The van der Waals surface area contributed by atoms with Gasteiger partial charge < -0.3 is 14.8 Å². The van der Waals surface area contributed by atoms with Gasteiger partial charge in [-0.1, -0.05) is 17.7 Å². The third-order valence-electron chi connectivity index (χ3n) is 5.06. The summed E-state index contributed by atoms with van der Waals surface area (Å²) in [6.07, 6.45) is 2.21. The molecular weight excluding hydrogens is 428 g/mol. The number of carbonyl (C=O) groups excluding carboxylic acids is 1. The van der Waals surface area contributed by atoms with Crippen molar-refractivity contribution in [3.05, 3.63) is 52.5 Å². The summed E-state index contributed by atoms with van der Waals surface area (Å²) >= 11 is 6.17. The fraction of sp³-hybridized carbons (Fsp3) is 0.381. The van der Waals surface area contributed by atoms with Gasteiger partial charge in [0.05, 0.1) is 29.7 Å². The first kappa shape index (κ1) is 22.4. The van der Waals surface area contributed by atoms with E-state index in [1.54, 1.807) is 20.3 Å². The predicted octanol–water partition coefficient (Wildman–Crippen LogP) is 3.11. The maximum atomic E-state index is 12.8. The van der Waals surface area contributed by atoms with E-state index in [2.05, 4.69) is 5.32 Å². The van der Waals surface area contributed by atoms with E-state index in [0.29, 0.717) is 37.6 Å². The van der Waals surface area contributed by atoms with Crippen molar-refractivity contribution in [3.63, 3.8) is 0 Å². The van der Waals surface area contributed by atoms with Crippen LogP contribution in [0, 0.1) is 0 Å². The number of hydrogen-bond acceptors (Lipinski definition) is 5. The Hall–Kier alpha value is -2.29. The van der Waals surface area contributed by atoms with Crippen LogP contribution in [-0.2, 0) is 16.4 Å². The monoisotopic (exact) mass is 452 g/mol. The van der Waals surface area contributed by atoms with Gasteiger partial charge in [-0.3, -0.25) is 4.79 Å². The number of rotatable bonds is 8. The second-order valence-electron chi connectivity index (χ2n) is 6.94. The summed E-state index contributed by atoms with van der Waals surface area (Å²) in [4.78, 5) is 12.7. The molecule has 1 amide bonds. The molecule has 0 spiro atoms. The number of ether oxygens (including phenoxy) is 2. The van der Waals surface area contributed by atoms with Crippen molar-refractivity contribution in [2.45, 2.75) is 24.2 Å². The Morgan fingerprint density at radius 3 is 2.50 bits per heavy atom. The molecule has 2 aromatic carbocycles. The molecule has 0 aromatic heterocycles. The molecule has 9 heteroatoms. The Morgan fingerprint density at radius 2 is 1.83 bits per heavy atom. The molecule has 0 bridgehead atoms. The number of halogens is 1. The first-order valence-electron chi connectivity index (χ1n) is 9.65. The molecule has 7 nitrogen and oxygen atoms in total. The fourth-order valence-electron chi connectivity index (χ4n) is 3.38. The Morgan fingerprint density at radius 1 is 1.10 bits per heavy atom. The van der Waals surface area contributed by atoms with Crippen LogP contribution in [0.4, 0.5) is 0 Å². The summed E-state index contributed by atoms with van der Waals surface area (Å²) in [7, 11) is -0.472. The van der Waals surface area contributed by atoms with Crippen LogP contribution >= 0.6 is 11.6 Å². The van der Waals surface area contributed by atoms with E-state index in [1.807, 2.05) is 12.1 Å². The summed E-state index contributed by atoms with van der Waals surface area (Å²) in [5.41, 5.74) is 1.05. The van der Waals surface area contributed by atoms with Gasteiger partial charge in [-0.2, -0.15) is 4.31 Å². The van der Waals surface area contributed by atoms with Gasteiger partial charge in [0.2, 0.25) is 10.0 Å². The van der Waals surface area contributed by atoms with Gasteiger partial charge in [-0.05, 0) is 49.1 Å². The number of amides is 1. The number of carbonyl (C=O) groups is 1. The first-order chi connectivity index (χ1) is 14.4. The van der Waals surface area contributed by atoms with Crippen molar-refractivity contribution in [1.82, 2.24) is 9.62 Å². The van der Waals surface area contributed by atoms with Crippen molar-refractivity contribution < 1.29 is 22.7 Å². The fourth-order valence-corrected chi connectivity index (χ4v) is 5.13. The molecule has 1 fully saturated rings. The summed E-state index contributed by atoms with van der Waals surface area (Å²) < 4.78 is 37.5. The van der Waals surface area contributed by atoms with Crippen LogP contribution in [0.1, 0.15) is 28.8 Å². The maximum absolute atomic E-state index is 12.8. The summed E-state index contributed by atoms with van der Waals surface area (Å²) in [6.45, 7) is 1.33. The molecule has 162 valence electrons. The second-order valence-corrected chi connectivity index (χ2v) is 9.28. The molecule has 0 saturated carbocycles. The smallest absolute Gasteiger partial charge is 0.252 e. The highest BCUT2D eigenvalue weighted by molar-refractivity contribution is 7.89. The minimum absolute atomic E-state index is 0.0794. The van der Waals surface area contributed by atoms with E-state index >= 15 is 0 Å². The minimum atomic E-state index is -3.62. The van der Waals surface area contributed by atoms with E-state index in [0.717, 1.165) is 18.4 Å². The van der Waals surface area contributed by atoms with E-state index in [1.165, 1.54) is 22.5 Å². The van der Waals surface area contributed by atoms with Gasteiger partial charge in [0, 0.05) is 25.7 Å².